The fourth-order valence-corrected chi connectivity index (χ4v) is 5.56. The van der Waals surface area contributed by atoms with Gasteiger partial charge in [-0.25, -0.2) is 0 Å². The molecule has 0 amide bonds. The van der Waals surface area contributed by atoms with Crippen LogP contribution in [0.25, 0.3) is 0 Å². The molecule has 5 aliphatic rings. The van der Waals surface area contributed by atoms with E-state index in [1.54, 1.807) is 0 Å². The molecule has 4 heterocycles. The average Bonchev–Trinajstić information content (AvgIpc) is 3.33. The van der Waals surface area contributed by atoms with Gasteiger partial charge in [0.05, 0.1) is 25.2 Å². The Bertz CT molecular complexity index is 784. The largest absolute Gasteiger partial charge is 0.481 e. The van der Waals surface area contributed by atoms with E-state index in [4.69, 9.17) is 23.7 Å². The molecule has 7 nitrogen and oxygen atoms in total. The van der Waals surface area contributed by atoms with Gasteiger partial charge in [-0.05, 0) is 29.7 Å². The summed E-state index contributed by atoms with van der Waals surface area (Å²) >= 11 is 0. The second-order valence-corrected chi connectivity index (χ2v) is 7.51. The van der Waals surface area contributed by atoms with Crippen molar-refractivity contribution >= 4 is 5.97 Å². The van der Waals surface area contributed by atoms with Gasteiger partial charge in [0.1, 0.15) is 5.60 Å². The number of ether oxygens (including phenoxy) is 5. The third kappa shape index (κ3) is 1.64. The highest BCUT2D eigenvalue weighted by Gasteiger charge is 2.69. The van der Waals surface area contributed by atoms with Gasteiger partial charge >= 0.3 is 5.97 Å². The SMILES string of the molecule is O=C(O)[C@@H]1[C@H]2CCC3(C[C@]24O[C@H]1c1cc2c(cc14)OCO2)OCCO3. The number of fused-ring (bicyclic) bond motifs is 4. The van der Waals surface area contributed by atoms with E-state index < -0.39 is 29.4 Å². The number of carboxylic acids is 1. The molecule has 4 aliphatic heterocycles. The number of hydrogen-bond acceptors (Lipinski definition) is 6. The predicted molar refractivity (Wildman–Crippen MR) is 81.2 cm³/mol. The van der Waals surface area contributed by atoms with Gasteiger partial charge < -0.3 is 28.8 Å². The van der Waals surface area contributed by atoms with E-state index >= 15 is 0 Å². The number of carboxylic acid groups (broad SMARTS) is 1. The first kappa shape index (κ1) is 14.4. The Labute approximate surface area is 143 Å². The van der Waals surface area contributed by atoms with Crippen LogP contribution in [0.15, 0.2) is 12.1 Å². The predicted octanol–water partition coefficient (Wildman–Crippen LogP) is 1.94. The van der Waals surface area contributed by atoms with Gasteiger partial charge in [-0.2, -0.15) is 0 Å². The Morgan fingerprint density at radius 2 is 1.92 bits per heavy atom. The Hall–Kier alpha value is -1.83. The molecule has 1 aliphatic carbocycles. The molecule has 2 saturated heterocycles. The summed E-state index contributed by atoms with van der Waals surface area (Å²) in [6.07, 6.45) is 1.49. The normalized spacial score (nSPS) is 38.8. The average molecular weight is 346 g/mol. The van der Waals surface area contributed by atoms with Crippen LogP contribution in [0.5, 0.6) is 11.5 Å². The summed E-state index contributed by atoms with van der Waals surface area (Å²) in [5.41, 5.74) is 1.23. The molecular weight excluding hydrogens is 328 g/mol. The molecule has 1 aromatic carbocycles. The molecule has 25 heavy (non-hydrogen) atoms. The first-order valence-corrected chi connectivity index (χ1v) is 8.75. The van der Waals surface area contributed by atoms with Gasteiger partial charge in [-0.15, -0.1) is 0 Å². The van der Waals surface area contributed by atoms with Crippen molar-refractivity contribution in [3.63, 3.8) is 0 Å². The van der Waals surface area contributed by atoms with Crippen LogP contribution in [0, 0.1) is 11.8 Å². The molecule has 3 fully saturated rings. The summed E-state index contributed by atoms with van der Waals surface area (Å²) in [6.45, 7) is 1.33. The molecule has 0 unspecified atom stereocenters. The van der Waals surface area contributed by atoms with Crippen molar-refractivity contribution in [2.45, 2.75) is 36.8 Å². The van der Waals surface area contributed by atoms with E-state index in [9.17, 15) is 9.90 Å². The molecule has 1 aromatic rings. The molecule has 1 saturated carbocycles. The van der Waals surface area contributed by atoms with E-state index in [1.165, 1.54) is 0 Å². The van der Waals surface area contributed by atoms with Crippen LogP contribution < -0.4 is 9.47 Å². The van der Waals surface area contributed by atoms with Crippen molar-refractivity contribution in [2.24, 2.45) is 11.8 Å². The van der Waals surface area contributed by atoms with Crippen LogP contribution >= 0.6 is 0 Å². The topological polar surface area (TPSA) is 83.5 Å². The highest BCUT2D eigenvalue weighted by atomic mass is 16.7. The van der Waals surface area contributed by atoms with Crippen LogP contribution in [0.3, 0.4) is 0 Å². The van der Waals surface area contributed by atoms with E-state index in [0.717, 1.165) is 11.1 Å². The zero-order chi connectivity index (χ0) is 16.8. The first-order chi connectivity index (χ1) is 12.1. The zero-order valence-corrected chi connectivity index (χ0v) is 13.5. The van der Waals surface area contributed by atoms with Crippen molar-refractivity contribution in [1.82, 2.24) is 0 Å². The van der Waals surface area contributed by atoms with E-state index in [0.29, 0.717) is 44.0 Å². The molecule has 2 bridgehead atoms. The fourth-order valence-electron chi connectivity index (χ4n) is 5.56. The van der Waals surface area contributed by atoms with E-state index in [2.05, 4.69) is 0 Å². The van der Waals surface area contributed by atoms with Crippen LogP contribution in [-0.4, -0.2) is 36.9 Å². The van der Waals surface area contributed by atoms with Gasteiger partial charge in [-0.3, -0.25) is 4.79 Å². The van der Waals surface area contributed by atoms with E-state index in [1.807, 2.05) is 12.1 Å². The summed E-state index contributed by atoms with van der Waals surface area (Å²) in [7, 11) is 0. The van der Waals surface area contributed by atoms with Crippen molar-refractivity contribution < 1.29 is 33.6 Å². The summed E-state index contributed by atoms with van der Waals surface area (Å²) in [5.74, 6) is -0.738. The highest BCUT2D eigenvalue weighted by molar-refractivity contribution is 5.74. The maximum absolute atomic E-state index is 12.0. The third-order valence-electron chi connectivity index (χ3n) is 6.47. The molecule has 4 atom stereocenters. The lowest BCUT2D eigenvalue weighted by Gasteiger charge is -2.46. The van der Waals surface area contributed by atoms with Crippen LogP contribution in [0.2, 0.25) is 0 Å². The molecule has 2 spiro atoms. The Kier molecular flexibility index (Phi) is 2.56. The Balaban J connectivity index is 1.53. The number of hydrogen-bond donors (Lipinski definition) is 1. The fraction of sp³-hybridized carbons (Fsp3) is 0.611. The third-order valence-corrected chi connectivity index (χ3v) is 6.47. The first-order valence-electron chi connectivity index (χ1n) is 8.75. The Morgan fingerprint density at radius 1 is 1.16 bits per heavy atom. The van der Waals surface area contributed by atoms with Crippen molar-refractivity contribution in [3.05, 3.63) is 23.3 Å². The second-order valence-electron chi connectivity index (χ2n) is 7.51. The van der Waals surface area contributed by atoms with Gasteiger partial charge in [-0.1, -0.05) is 0 Å². The van der Waals surface area contributed by atoms with Crippen LogP contribution in [0.4, 0.5) is 0 Å². The summed E-state index contributed by atoms with van der Waals surface area (Å²) < 4.78 is 29.3. The minimum atomic E-state index is -0.801. The van der Waals surface area contributed by atoms with Crippen molar-refractivity contribution in [1.29, 1.82) is 0 Å². The summed E-state index contributed by atoms with van der Waals surface area (Å²) in [6, 6.07) is 3.86. The molecule has 132 valence electrons. The molecular formula is C18H18O7. The number of carbonyl (C=O) groups is 1. The smallest absolute Gasteiger partial charge is 0.309 e. The Morgan fingerprint density at radius 3 is 2.68 bits per heavy atom. The van der Waals surface area contributed by atoms with Crippen molar-refractivity contribution in [3.8, 4) is 11.5 Å². The summed E-state index contributed by atoms with van der Waals surface area (Å²) in [4.78, 5) is 12.0. The highest BCUT2D eigenvalue weighted by Crippen LogP contribution is 2.68. The van der Waals surface area contributed by atoms with E-state index in [-0.39, 0.29) is 12.7 Å². The molecule has 7 heteroatoms. The monoisotopic (exact) mass is 346 g/mol. The van der Waals surface area contributed by atoms with Gasteiger partial charge in [0.15, 0.2) is 17.3 Å². The summed E-state index contributed by atoms with van der Waals surface area (Å²) in [5, 5.41) is 9.85. The quantitative estimate of drug-likeness (QED) is 0.832. The zero-order valence-electron chi connectivity index (χ0n) is 13.5. The number of benzene rings is 1. The maximum atomic E-state index is 12.0. The molecule has 0 radical (unpaired) electrons. The lowest BCUT2D eigenvalue weighted by Crippen LogP contribution is -2.50. The van der Waals surface area contributed by atoms with Crippen molar-refractivity contribution in [2.75, 3.05) is 20.0 Å². The van der Waals surface area contributed by atoms with Crippen LogP contribution in [-0.2, 0) is 24.6 Å². The maximum Gasteiger partial charge on any atom is 0.309 e. The standard InChI is InChI=1S/C18H18O7/c19-16(20)14-10-1-2-17(23-3-4-24-17)7-18(10)11-6-13-12(21-8-22-13)5-9(11)15(14)25-18/h5-6,10,14-15H,1-4,7-8H2,(H,19,20)/t10-,14-,15+,18+/m1/s1. The molecule has 1 N–H and O–H groups in total. The van der Waals surface area contributed by atoms with Gasteiger partial charge in [0.25, 0.3) is 0 Å². The molecule has 6 rings (SSSR count). The van der Waals surface area contributed by atoms with Gasteiger partial charge in [0.2, 0.25) is 6.79 Å². The minimum absolute atomic E-state index is 0.0821. The minimum Gasteiger partial charge on any atom is -0.481 e. The number of rotatable bonds is 1. The lowest BCUT2D eigenvalue weighted by atomic mass is 9.61. The van der Waals surface area contributed by atoms with Gasteiger partial charge in [0, 0.05) is 18.8 Å². The molecule has 0 aromatic heterocycles. The number of aliphatic carboxylic acids is 1. The lowest BCUT2D eigenvalue weighted by molar-refractivity contribution is -0.231. The van der Waals surface area contributed by atoms with Crippen LogP contribution in [0.1, 0.15) is 36.5 Å². The second kappa shape index (κ2) is 4.47.